The Morgan fingerprint density at radius 3 is 2.26 bits per heavy atom. The summed E-state index contributed by atoms with van der Waals surface area (Å²) in [6.45, 7) is 0. The molecule has 0 aliphatic carbocycles. The lowest BCUT2D eigenvalue weighted by Gasteiger charge is -2.32. The van der Waals surface area contributed by atoms with Crippen molar-refractivity contribution in [2.24, 2.45) is 0 Å². The second-order valence-electron chi connectivity index (χ2n) is 12.2. The molecule has 0 spiro atoms. The molecule has 218 valence electrons. The Balaban J connectivity index is 1.22. The van der Waals surface area contributed by atoms with E-state index in [0.29, 0.717) is 0 Å². The van der Waals surface area contributed by atoms with E-state index in [0.717, 1.165) is 88.8 Å². The fourth-order valence-electron chi connectivity index (χ4n) is 7.71. The largest absolute Gasteiger partial charge is 0.456 e. The summed E-state index contributed by atoms with van der Waals surface area (Å²) in [5.41, 5.74) is 10.4. The van der Waals surface area contributed by atoms with Gasteiger partial charge in [-0.05, 0) is 72.1 Å². The van der Waals surface area contributed by atoms with E-state index in [-0.39, 0.29) is 0 Å². The summed E-state index contributed by atoms with van der Waals surface area (Å²) >= 11 is 0. The molecule has 4 aromatic heterocycles. The van der Waals surface area contributed by atoms with Crippen LogP contribution in [0.2, 0.25) is 0 Å². The number of fused-ring (bicyclic) bond motifs is 10. The average molecular weight is 601 g/mol. The van der Waals surface area contributed by atoms with Gasteiger partial charge in [0.15, 0.2) is 0 Å². The zero-order valence-corrected chi connectivity index (χ0v) is 25.1. The minimum Gasteiger partial charge on any atom is -0.456 e. The molecule has 5 nitrogen and oxygen atoms in total. The number of benzene rings is 6. The van der Waals surface area contributed by atoms with Gasteiger partial charge < -0.3 is 8.98 Å². The molecule has 47 heavy (non-hydrogen) atoms. The van der Waals surface area contributed by atoms with Crippen molar-refractivity contribution in [2.75, 3.05) is 4.90 Å². The molecule has 6 aromatic carbocycles. The fraction of sp³-hybridized carbons (Fsp3) is 0. The highest BCUT2D eigenvalue weighted by Gasteiger charge is 2.29. The second-order valence-corrected chi connectivity index (χ2v) is 12.2. The Morgan fingerprint density at radius 2 is 1.32 bits per heavy atom. The van der Waals surface area contributed by atoms with Crippen molar-refractivity contribution in [1.82, 2.24) is 14.5 Å². The van der Waals surface area contributed by atoms with Crippen molar-refractivity contribution in [3.63, 3.8) is 0 Å². The first-order valence-corrected chi connectivity index (χ1v) is 15.8. The van der Waals surface area contributed by atoms with Gasteiger partial charge in [-0.1, -0.05) is 72.8 Å². The maximum absolute atomic E-state index is 6.31. The number of aromatic nitrogens is 3. The van der Waals surface area contributed by atoms with Gasteiger partial charge in [0.25, 0.3) is 0 Å². The van der Waals surface area contributed by atoms with Crippen LogP contribution in [0.4, 0.5) is 17.2 Å². The number of anilines is 3. The summed E-state index contributed by atoms with van der Waals surface area (Å²) in [6, 6.07) is 49.1. The predicted molar refractivity (Wildman–Crippen MR) is 192 cm³/mol. The normalized spacial score (nSPS) is 12.6. The highest BCUT2D eigenvalue weighted by molar-refractivity contribution is 6.20. The fourth-order valence-corrected chi connectivity index (χ4v) is 7.71. The van der Waals surface area contributed by atoms with Gasteiger partial charge in [0, 0.05) is 50.1 Å². The van der Waals surface area contributed by atoms with E-state index < -0.39 is 0 Å². The van der Waals surface area contributed by atoms with E-state index in [2.05, 4.69) is 137 Å². The first kappa shape index (κ1) is 24.8. The van der Waals surface area contributed by atoms with E-state index >= 15 is 0 Å². The molecule has 1 aliphatic rings. The van der Waals surface area contributed by atoms with Gasteiger partial charge in [-0.2, -0.15) is 0 Å². The Labute approximate surface area is 268 Å². The monoisotopic (exact) mass is 600 g/mol. The number of rotatable bonds is 2. The van der Waals surface area contributed by atoms with E-state index in [1.165, 1.54) is 10.8 Å². The molecule has 11 rings (SSSR count). The number of pyridine rings is 2. The maximum Gasteiger partial charge on any atom is 0.148 e. The van der Waals surface area contributed by atoms with Crippen molar-refractivity contribution in [2.45, 2.75) is 0 Å². The number of hydrogen-bond donors (Lipinski definition) is 0. The molecular weight excluding hydrogens is 576 g/mol. The molecule has 0 bridgehead atoms. The van der Waals surface area contributed by atoms with Crippen LogP contribution in [0, 0.1) is 0 Å². The molecule has 0 radical (unpaired) electrons. The van der Waals surface area contributed by atoms with Gasteiger partial charge in [0.1, 0.15) is 17.0 Å². The zero-order chi connectivity index (χ0) is 30.6. The summed E-state index contributed by atoms with van der Waals surface area (Å²) in [7, 11) is 0. The van der Waals surface area contributed by atoms with Crippen LogP contribution in [0.3, 0.4) is 0 Å². The first-order valence-electron chi connectivity index (χ1n) is 15.8. The van der Waals surface area contributed by atoms with Gasteiger partial charge in [-0.3, -0.25) is 9.88 Å². The lowest BCUT2D eigenvalue weighted by atomic mass is 9.95. The second kappa shape index (κ2) is 9.05. The quantitative estimate of drug-likeness (QED) is 0.185. The topological polar surface area (TPSA) is 47.1 Å². The Morgan fingerprint density at radius 1 is 0.511 bits per heavy atom. The van der Waals surface area contributed by atoms with Crippen LogP contribution in [0.5, 0.6) is 0 Å². The molecule has 1 aliphatic heterocycles. The van der Waals surface area contributed by atoms with Gasteiger partial charge in [-0.25, -0.2) is 4.98 Å². The van der Waals surface area contributed by atoms with E-state index in [1.807, 2.05) is 18.3 Å². The van der Waals surface area contributed by atoms with E-state index in [4.69, 9.17) is 14.4 Å². The molecule has 0 saturated carbocycles. The maximum atomic E-state index is 6.31. The van der Waals surface area contributed by atoms with Crippen LogP contribution < -0.4 is 4.90 Å². The minimum absolute atomic E-state index is 0.902. The number of furan rings is 1. The SMILES string of the molecule is c1ccc(N2c3ccccc3-c3nccc4c3c2nc2ccc(-n3c5ccccc5c5cc6oc7ccccc7c6cc53)cc24)cc1. The van der Waals surface area contributed by atoms with Gasteiger partial charge in [0.2, 0.25) is 0 Å². The molecule has 0 fully saturated rings. The van der Waals surface area contributed by atoms with E-state index in [1.54, 1.807) is 0 Å². The highest BCUT2D eigenvalue weighted by Crippen LogP contribution is 2.50. The van der Waals surface area contributed by atoms with Crippen LogP contribution in [0.1, 0.15) is 0 Å². The van der Waals surface area contributed by atoms with Crippen LogP contribution in [-0.2, 0) is 0 Å². The smallest absolute Gasteiger partial charge is 0.148 e. The lowest BCUT2D eigenvalue weighted by molar-refractivity contribution is 0.669. The van der Waals surface area contributed by atoms with Crippen LogP contribution in [0.25, 0.3) is 82.4 Å². The van der Waals surface area contributed by atoms with E-state index in [9.17, 15) is 0 Å². The van der Waals surface area contributed by atoms with Gasteiger partial charge >= 0.3 is 0 Å². The molecule has 0 atom stereocenters. The molecule has 5 heterocycles. The summed E-state index contributed by atoms with van der Waals surface area (Å²) in [4.78, 5) is 12.6. The summed E-state index contributed by atoms with van der Waals surface area (Å²) < 4.78 is 8.69. The van der Waals surface area contributed by atoms with Crippen molar-refractivity contribution < 1.29 is 4.42 Å². The van der Waals surface area contributed by atoms with Crippen molar-refractivity contribution in [3.05, 3.63) is 146 Å². The van der Waals surface area contributed by atoms with Crippen LogP contribution in [-0.4, -0.2) is 14.5 Å². The molecular formula is C42H24N4O. The number of nitrogens with zero attached hydrogens (tertiary/aromatic N) is 4. The molecule has 5 heteroatoms. The standard InChI is InChI=1S/C42H24N4O/c1-2-10-25(11-3-1)46-36-16-8-5-14-30(36)41-40-29(20-21-43-41)31-22-26(18-19-34(31)44-42(40)46)45-35-15-7-4-12-27(35)32-24-39-33(23-37(32)45)28-13-6-9-17-38(28)47-39/h1-24H. The van der Waals surface area contributed by atoms with Gasteiger partial charge in [-0.15, -0.1) is 0 Å². The molecule has 0 unspecified atom stereocenters. The third-order valence-electron chi connectivity index (χ3n) is 9.73. The summed E-state index contributed by atoms with van der Waals surface area (Å²) in [6.07, 6.45) is 1.93. The number of para-hydroxylation sites is 4. The Hall–Kier alpha value is -6.46. The minimum atomic E-state index is 0.902. The third kappa shape index (κ3) is 3.32. The molecule has 0 N–H and O–H groups in total. The van der Waals surface area contributed by atoms with Crippen LogP contribution >= 0.6 is 0 Å². The van der Waals surface area contributed by atoms with Gasteiger partial charge in [0.05, 0.1) is 33.3 Å². The first-order chi connectivity index (χ1) is 23.3. The Bertz CT molecular complexity index is 2920. The molecule has 0 amide bonds. The number of hydrogen-bond acceptors (Lipinski definition) is 4. The highest BCUT2D eigenvalue weighted by atomic mass is 16.3. The third-order valence-corrected chi connectivity index (χ3v) is 9.73. The van der Waals surface area contributed by atoms with Crippen molar-refractivity contribution >= 4 is 82.6 Å². The van der Waals surface area contributed by atoms with Crippen molar-refractivity contribution in [1.29, 1.82) is 0 Å². The molecule has 0 saturated heterocycles. The molecule has 10 aromatic rings. The summed E-state index contributed by atoms with van der Waals surface area (Å²) in [5.74, 6) is 0.902. The average Bonchev–Trinajstić information content (AvgIpc) is 3.66. The summed E-state index contributed by atoms with van der Waals surface area (Å²) in [5, 5.41) is 7.90. The van der Waals surface area contributed by atoms with Crippen LogP contribution in [0.15, 0.2) is 150 Å². The van der Waals surface area contributed by atoms with Crippen molar-refractivity contribution in [3.8, 4) is 16.9 Å². The zero-order valence-electron chi connectivity index (χ0n) is 25.1. The predicted octanol–water partition coefficient (Wildman–Crippen LogP) is 11.2. The Kier molecular flexibility index (Phi) is 4.78. The lowest BCUT2D eigenvalue weighted by Crippen LogP contribution is -2.17.